The molecule has 3 aromatic heterocycles. The summed E-state index contributed by atoms with van der Waals surface area (Å²) in [5, 5.41) is 24.1. The van der Waals surface area contributed by atoms with Crippen LogP contribution in [0.25, 0.3) is 0 Å². The number of halogens is 2. The van der Waals surface area contributed by atoms with Crippen molar-refractivity contribution in [1.29, 1.82) is 0 Å². The van der Waals surface area contributed by atoms with Crippen molar-refractivity contribution < 1.29 is 19.5 Å². The quantitative estimate of drug-likeness (QED) is 0.140. The van der Waals surface area contributed by atoms with Crippen LogP contribution in [0, 0.1) is 24.2 Å². The first-order valence-electron chi connectivity index (χ1n) is 24.0. The number of aromatic nitrogens is 6. The molecule has 8 rings (SSSR count). The normalized spacial score (nSPS) is 21.3. The molecule has 4 atom stereocenters. The van der Waals surface area contributed by atoms with Crippen LogP contribution in [0.5, 0.6) is 0 Å². The van der Waals surface area contributed by atoms with Crippen LogP contribution in [-0.4, -0.2) is 152 Å². The standard InChI is InChI=1S/C48H65Cl2N13O4S/c1-31(2)43(63-28-32(3)56-57-63)47(67)62-29-36(64)25-38(62)45(65)55-37(33-5-7-35(49)8-6-33)12-16-58-21-23-61(24-22-58)46(66)34-10-17-60(18-11-34)44-42(50)39(9-15-52-44)68-41-27-53-40(26-54-41)59-19-13-48(4,30-51)14-20-59/h5-9,15,26-28,31,34,36-38,43,64H,10-14,16-25,29-30,51H2,1-4H3,(H,55,65)/t36-,37+,38+,43+/m1/s1. The van der Waals surface area contributed by atoms with Gasteiger partial charge in [-0.15, -0.1) is 5.10 Å². The van der Waals surface area contributed by atoms with Crippen molar-refractivity contribution in [3.05, 3.63) is 76.4 Å². The number of piperazine rings is 1. The molecule has 20 heteroatoms. The molecule has 4 saturated heterocycles. The number of benzene rings is 1. The van der Waals surface area contributed by atoms with Crippen molar-refractivity contribution >= 4 is 64.3 Å². The molecule has 3 amide bonds. The highest BCUT2D eigenvalue weighted by Gasteiger charge is 2.43. The lowest BCUT2D eigenvalue weighted by Crippen LogP contribution is -2.52. The number of carbonyl (C=O) groups is 3. The minimum Gasteiger partial charge on any atom is -0.391 e. The molecular formula is C48H65Cl2N13O4S. The van der Waals surface area contributed by atoms with E-state index in [1.54, 1.807) is 35.4 Å². The molecular weight excluding hydrogens is 926 g/mol. The fourth-order valence-corrected chi connectivity index (χ4v) is 11.1. The molecule has 4 fully saturated rings. The summed E-state index contributed by atoms with van der Waals surface area (Å²) in [5.41, 5.74) is 7.77. The van der Waals surface area contributed by atoms with E-state index in [9.17, 15) is 19.5 Å². The summed E-state index contributed by atoms with van der Waals surface area (Å²) in [6, 6.07) is 7.44. The highest BCUT2D eigenvalue weighted by Crippen LogP contribution is 2.39. The van der Waals surface area contributed by atoms with E-state index in [0.717, 1.165) is 53.1 Å². The highest BCUT2D eigenvalue weighted by molar-refractivity contribution is 7.99. The zero-order chi connectivity index (χ0) is 48.1. The van der Waals surface area contributed by atoms with Gasteiger partial charge in [-0.05, 0) is 80.7 Å². The molecule has 17 nitrogen and oxygen atoms in total. The van der Waals surface area contributed by atoms with Gasteiger partial charge in [0.05, 0.1) is 35.3 Å². The Morgan fingerprint density at radius 1 is 0.941 bits per heavy atom. The van der Waals surface area contributed by atoms with E-state index < -0.39 is 18.2 Å². The fraction of sp³-hybridized carbons (Fsp3) is 0.583. The second-order valence-corrected chi connectivity index (χ2v) is 21.4. The Morgan fingerprint density at radius 3 is 2.29 bits per heavy atom. The molecule has 1 aromatic carbocycles. The number of amides is 3. The molecule has 0 spiro atoms. The zero-order valence-electron chi connectivity index (χ0n) is 39.5. The maximum Gasteiger partial charge on any atom is 0.248 e. The van der Waals surface area contributed by atoms with Gasteiger partial charge < -0.3 is 35.8 Å². The summed E-state index contributed by atoms with van der Waals surface area (Å²) in [4.78, 5) is 67.3. The van der Waals surface area contributed by atoms with Crippen LogP contribution in [0.2, 0.25) is 10.0 Å². The van der Waals surface area contributed by atoms with Crippen molar-refractivity contribution in [2.75, 3.05) is 81.8 Å². The third kappa shape index (κ3) is 11.7. The van der Waals surface area contributed by atoms with Crippen LogP contribution in [0.1, 0.15) is 82.6 Å². The molecule has 4 aliphatic rings. The first-order valence-corrected chi connectivity index (χ1v) is 25.5. The number of piperidine rings is 2. The maximum atomic E-state index is 14.1. The molecule has 0 unspecified atom stereocenters. The average molecular weight is 991 g/mol. The van der Waals surface area contributed by atoms with Gasteiger partial charge in [-0.1, -0.05) is 73.1 Å². The number of hydrogen-bond acceptors (Lipinski definition) is 14. The topological polar surface area (TPSA) is 195 Å². The average Bonchev–Trinajstić information content (AvgIpc) is 3.96. The first-order chi connectivity index (χ1) is 32.7. The summed E-state index contributed by atoms with van der Waals surface area (Å²) in [7, 11) is 0. The molecule has 4 aromatic rings. The number of nitrogens with zero attached hydrogens (tertiary/aromatic N) is 11. The van der Waals surface area contributed by atoms with E-state index in [0.29, 0.717) is 87.4 Å². The van der Waals surface area contributed by atoms with E-state index in [1.165, 1.54) is 16.7 Å². The highest BCUT2D eigenvalue weighted by atomic mass is 35.5. The summed E-state index contributed by atoms with van der Waals surface area (Å²) in [6.07, 6.45) is 10.5. The predicted octanol–water partition coefficient (Wildman–Crippen LogP) is 5.26. The molecule has 0 radical (unpaired) electrons. The van der Waals surface area contributed by atoms with Crippen LogP contribution >= 0.6 is 35.0 Å². The molecule has 4 N–H and O–H groups in total. The van der Waals surface area contributed by atoms with E-state index in [1.807, 2.05) is 50.1 Å². The minimum absolute atomic E-state index is 0.0582. The lowest BCUT2D eigenvalue weighted by atomic mass is 9.80. The first kappa shape index (κ1) is 49.8. The number of hydrogen-bond donors (Lipinski definition) is 3. The van der Waals surface area contributed by atoms with Crippen LogP contribution in [-0.2, 0) is 14.4 Å². The second-order valence-electron chi connectivity index (χ2n) is 19.5. The van der Waals surface area contributed by atoms with Crippen LogP contribution in [0.4, 0.5) is 11.6 Å². The number of aliphatic hydroxyl groups is 1. The van der Waals surface area contributed by atoms with Gasteiger partial charge in [-0.2, -0.15) is 0 Å². The Balaban J connectivity index is 0.817. The SMILES string of the molecule is Cc1cn([C@H](C(=O)N2C[C@H](O)C[C@H]2C(=O)N[C@@H](CCN2CCN(C(=O)C3CCN(c4nccc(Sc5cnc(N6CCC(C)(CN)CC6)cn5)c4Cl)CC3)CC2)c2ccc(Cl)cc2)C(C)C)nn1. The second kappa shape index (κ2) is 22.0. The summed E-state index contributed by atoms with van der Waals surface area (Å²) >= 11 is 14.7. The van der Waals surface area contributed by atoms with Gasteiger partial charge in [0.15, 0.2) is 0 Å². The van der Waals surface area contributed by atoms with Crippen molar-refractivity contribution in [1.82, 2.24) is 50.0 Å². The monoisotopic (exact) mass is 989 g/mol. The number of carbonyl (C=O) groups excluding carboxylic acids is 3. The lowest BCUT2D eigenvalue weighted by Gasteiger charge is -2.39. The molecule has 4 aliphatic heterocycles. The maximum absolute atomic E-state index is 14.1. The Hall–Kier alpha value is -4.59. The summed E-state index contributed by atoms with van der Waals surface area (Å²) < 4.78 is 1.55. The van der Waals surface area contributed by atoms with Crippen LogP contribution in [0.3, 0.4) is 0 Å². The lowest BCUT2D eigenvalue weighted by molar-refractivity contribution is -0.142. The Labute approximate surface area is 413 Å². The number of rotatable bonds is 15. The van der Waals surface area contributed by atoms with Crippen molar-refractivity contribution in [3.8, 4) is 0 Å². The van der Waals surface area contributed by atoms with E-state index in [4.69, 9.17) is 38.9 Å². The van der Waals surface area contributed by atoms with Gasteiger partial charge in [0.2, 0.25) is 17.7 Å². The number of nitrogens with two attached hydrogens (primary N) is 1. The Morgan fingerprint density at radius 2 is 1.66 bits per heavy atom. The van der Waals surface area contributed by atoms with Crippen molar-refractivity contribution in [2.45, 2.75) is 100 Å². The molecule has 0 bridgehead atoms. The largest absolute Gasteiger partial charge is 0.391 e. The number of anilines is 2. The van der Waals surface area contributed by atoms with Gasteiger partial charge in [0.25, 0.3) is 0 Å². The van der Waals surface area contributed by atoms with E-state index in [-0.39, 0.29) is 54.0 Å². The number of pyridine rings is 1. The van der Waals surface area contributed by atoms with Crippen molar-refractivity contribution in [3.63, 3.8) is 0 Å². The number of nitrogens with one attached hydrogen (secondary N) is 1. The molecule has 0 aliphatic carbocycles. The van der Waals surface area contributed by atoms with Gasteiger partial charge in [0.1, 0.15) is 28.7 Å². The van der Waals surface area contributed by atoms with Gasteiger partial charge in [-0.25, -0.2) is 19.6 Å². The Bertz CT molecular complexity index is 2350. The van der Waals surface area contributed by atoms with Gasteiger partial charge in [-0.3, -0.25) is 19.3 Å². The van der Waals surface area contributed by atoms with Crippen LogP contribution < -0.4 is 20.9 Å². The zero-order valence-corrected chi connectivity index (χ0v) is 41.8. The Kier molecular flexibility index (Phi) is 16.1. The van der Waals surface area contributed by atoms with Gasteiger partial charge >= 0.3 is 0 Å². The van der Waals surface area contributed by atoms with Gasteiger partial charge in [0, 0.05) is 100 Å². The van der Waals surface area contributed by atoms with Crippen molar-refractivity contribution in [2.24, 2.45) is 23.0 Å². The van der Waals surface area contributed by atoms with E-state index in [2.05, 4.69) is 42.2 Å². The summed E-state index contributed by atoms with van der Waals surface area (Å²) in [6.45, 7) is 15.2. The molecule has 366 valence electrons. The summed E-state index contributed by atoms with van der Waals surface area (Å²) in [5.74, 6) is 0.982. The minimum atomic E-state index is -0.846. The molecule has 7 heterocycles. The third-order valence-electron chi connectivity index (χ3n) is 14.3. The number of aliphatic hydroxyl groups excluding tert-OH is 1. The molecule has 68 heavy (non-hydrogen) atoms. The number of β-amino-alcohol motifs (C(OH)–C–C–N with tert-alkyl or cyclic N) is 1. The molecule has 0 saturated carbocycles. The van der Waals surface area contributed by atoms with Crippen LogP contribution in [0.15, 0.2) is 65.0 Å². The number of likely N-dealkylation sites (tertiary alicyclic amines) is 1. The predicted molar refractivity (Wildman–Crippen MR) is 264 cm³/mol. The van der Waals surface area contributed by atoms with E-state index >= 15 is 0 Å². The third-order valence-corrected chi connectivity index (χ3v) is 16.0. The smallest absolute Gasteiger partial charge is 0.248 e. The fourth-order valence-electron chi connectivity index (χ4n) is 9.90. The number of aryl methyl sites for hydroxylation is 1.